The molecule has 1 rings (SSSR count). The van der Waals surface area contributed by atoms with E-state index in [9.17, 15) is 13.2 Å². The van der Waals surface area contributed by atoms with E-state index in [1.165, 1.54) is 4.31 Å². The number of hydrazine groups is 1. The molecule has 0 aliphatic carbocycles. The summed E-state index contributed by atoms with van der Waals surface area (Å²) < 4.78 is 25.0. The lowest BCUT2D eigenvalue weighted by molar-refractivity contribution is -0.126. The van der Waals surface area contributed by atoms with Crippen molar-refractivity contribution in [3.05, 3.63) is 0 Å². The molecule has 1 aliphatic rings. The summed E-state index contributed by atoms with van der Waals surface area (Å²) in [6.07, 6.45) is 1.36. The summed E-state index contributed by atoms with van der Waals surface area (Å²) in [6, 6.07) is 0. The first kappa shape index (κ1) is 16.1. The summed E-state index contributed by atoms with van der Waals surface area (Å²) in [4.78, 5) is 11.9. The van der Waals surface area contributed by atoms with E-state index < -0.39 is 10.0 Å². The van der Waals surface area contributed by atoms with Crippen molar-refractivity contribution >= 4 is 33.3 Å². The number of hydrogen-bond acceptors (Lipinski definition) is 4. The van der Waals surface area contributed by atoms with E-state index in [-0.39, 0.29) is 24.1 Å². The maximum atomic E-state index is 11.9. The molecule has 19 heavy (non-hydrogen) atoms. The Balaban J connectivity index is 2.55. The second-order valence-electron chi connectivity index (χ2n) is 4.29. The van der Waals surface area contributed by atoms with Crippen LogP contribution in [0.25, 0.3) is 0 Å². The van der Waals surface area contributed by atoms with E-state index in [1.807, 2.05) is 0 Å². The van der Waals surface area contributed by atoms with Crippen LogP contribution in [-0.4, -0.2) is 49.6 Å². The Morgan fingerprint density at radius 1 is 1.42 bits per heavy atom. The zero-order chi connectivity index (χ0) is 14.5. The van der Waals surface area contributed by atoms with Gasteiger partial charge in [0.05, 0.1) is 11.7 Å². The molecule has 0 aromatic heterocycles. The monoisotopic (exact) mass is 308 g/mol. The fraction of sp³-hybridized carbons (Fsp3) is 0.800. The van der Waals surface area contributed by atoms with Crippen molar-refractivity contribution < 1.29 is 13.2 Å². The minimum Gasteiger partial charge on any atom is -0.364 e. The fourth-order valence-electron chi connectivity index (χ4n) is 1.87. The van der Waals surface area contributed by atoms with Crippen molar-refractivity contribution in [1.29, 1.82) is 0 Å². The zero-order valence-electron chi connectivity index (χ0n) is 11.1. The van der Waals surface area contributed by atoms with E-state index in [0.29, 0.717) is 24.5 Å². The predicted molar refractivity (Wildman–Crippen MR) is 76.7 cm³/mol. The number of nitrogens with zero attached hydrogens (tertiary/aromatic N) is 1. The van der Waals surface area contributed by atoms with Gasteiger partial charge in [0, 0.05) is 20.1 Å². The van der Waals surface area contributed by atoms with Crippen LogP contribution in [0, 0.1) is 5.92 Å². The van der Waals surface area contributed by atoms with Crippen molar-refractivity contribution in [2.75, 3.05) is 25.9 Å². The maximum absolute atomic E-state index is 11.9. The van der Waals surface area contributed by atoms with Gasteiger partial charge in [0.15, 0.2) is 5.11 Å². The van der Waals surface area contributed by atoms with Crippen LogP contribution in [0.2, 0.25) is 0 Å². The Morgan fingerprint density at radius 2 is 2.11 bits per heavy atom. The van der Waals surface area contributed by atoms with Gasteiger partial charge in [0.25, 0.3) is 0 Å². The van der Waals surface area contributed by atoms with Crippen molar-refractivity contribution in [3.8, 4) is 0 Å². The van der Waals surface area contributed by atoms with Crippen LogP contribution in [0.1, 0.15) is 19.8 Å². The van der Waals surface area contributed by atoms with Crippen molar-refractivity contribution in [2.24, 2.45) is 5.92 Å². The molecule has 110 valence electrons. The van der Waals surface area contributed by atoms with E-state index in [2.05, 4.69) is 16.2 Å². The average molecular weight is 308 g/mol. The van der Waals surface area contributed by atoms with Crippen LogP contribution < -0.4 is 16.2 Å². The molecular weight excluding hydrogens is 288 g/mol. The number of amides is 1. The van der Waals surface area contributed by atoms with E-state index >= 15 is 0 Å². The lowest BCUT2D eigenvalue weighted by Gasteiger charge is -2.30. The van der Waals surface area contributed by atoms with Gasteiger partial charge in [-0.25, -0.2) is 12.7 Å². The molecule has 0 spiro atoms. The summed E-state index contributed by atoms with van der Waals surface area (Å²) in [7, 11) is -1.59. The van der Waals surface area contributed by atoms with Crippen LogP contribution in [-0.2, 0) is 14.8 Å². The van der Waals surface area contributed by atoms with Gasteiger partial charge in [0.1, 0.15) is 0 Å². The molecule has 1 atom stereocenters. The Bertz CT molecular complexity index is 438. The van der Waals surface area contributed by atoms with Gasteiger partial charge in [-0.15, -0.1) is 0 Å². The summed E-state index contributed by atoms with van der Waals surface area (Å²) in [5.41, 5.74) is 5.03. The van der Waals surface area contributed by atoms with Gasteiger partial charge in [0.2, 0.25) is 15.9 Å². The number of rotatable bonds is 3. The van der Waals surface area contributed by atoms with Gasteiger partial charge in [-0.05, 0) is 32.0 Å². The predicted octanol–water partition coefficient (Wildman–Crippen LogP) is -0.827. The van der Waals surface area contributed by atoms with Crippen LogP contribution in [0.15, 0.2) is 0 Å². The number of thiocarbonyl (C=S) groups is 1. The molecule has 3 N–H and O–H groups in total. The first-order chi connectivity index (χ1) is 8.90. The van der Waals surface area contributed by atoms with Crippen LogP contribution in [0.4, 0.5) is 0 Å². The van der Waals surface area contributed by atoms with Gasteiger partial charge in [-0.2, -0.15) is 0 Å². The average Bonchev–Trinajstić information content (AvgIpc) is 2.44. The third-order valence-corrected chi connectivity index (χ3v) is 5.19. The molecule has 0 aromatic rings. The van der Waals surface area contributed by atoms with Crippen LogP contribution in [0.5, 0.6) is 0 Å². The quantitative estimate of drug-likeness (QED) is 0.466. The first-order valence-electron chi connectivity index (χ1n) is 6.16. The molecule has 9 heteroatoms. The molecule has 1 amide bonds. The minimum absolute atomic E-state index is 0.0590. The maximum Gasteiger partial charge on any atom is 0.242 e. The number of sulfonamides is 1. The summed E-state index contributed by atoms with van der Waals surface area (Å²) in [6.45, 7) is 2.32. The Morgan fingerprint density at radius 3 is 2.68 bits per heavy atom. The molecule has 0 bridgehead atoms. The van der Waals surface area contributed by atoms with Crippen molar-refractivity contribution in [1.82, 2.24) is 20.5 Å². The molecule has 1 heterocycles. The van der Waals surface area contributed by atoms with Crippen molar-refractivity contribution in [2.45, 2.75) is 19.8 Å². The molecule has 7 nitrogen and oxygen atoms in total. The van der Waals surface area contributed by atoms with E-state index in [1.54, 1.807) is 14.0 Å². The minimum atomic E-state index is -3.23. The fourth-order valence-corrected chi connectivity index (χ4v) is 3.11. The molecule has 1 aliphatic heterocycles. The standard InChI is InChI=1S/C10H20N4O3S2/c1-3-19(16,17)14-6-4-5-8(7-14)9(15)12-13-10(18)11-2/h8H,3-7H2,1-2H3,(H,12,15)(H2,11,13,18)/t8-/m1/s1. The number of nitrogens with one attached hydrogen (secondary N) is 3. The second-order valence-corrected chi connectivity index (χ2v) is 6.96. The zero-order valence-corrected chi connectivity index (χ0v) is 12.7. The number of carbonyl (C=O) groups is 1. The first-order valence-corrected chi connectivity index (χ1v) is 8.17. The second kappa shape index (κ2) is 7.01. The Labute approximate surface area is 119 Å². The van der Waals surface area contributed by atoms with Gasteiger partial charge in [-0.1, -0.05) is 0 Å². The third-order valence-electron chi connectivity index (χ3n) is 3.04. The highest BCUT2D eigenvalue weighted by Crippen LogP contribution is 2.19. The molecular formula is C10H20N4O3S2. The molecule has 0 saturated carbocycles. The number of carbonyl (C=O) groups excluding carboxylic acids is 1. The number of piperidine rings is 1. The highest BCUT2D eigenvalue weighted by atomic mass is 32.2. The normalized spacial score (nSPS) is 20.6. The summed E-state index contributed by atoms with van der Waals surface area (Å²) in [5.74, 6) is -0.528. The highest BCUT2D eigenvalue weighted by molar-refractivity contribution is 7.89. The Hall–Kier alpha value is -0.930. The summed E-state index contributed by atoms with van der Waals surface area (Å²) in [5, 5.41) is 2.97. The van der Waals surface area contributed by atoms with E-state index in [4.69, 9.17) is 12.2 Å². The topological polar surface area (TPSA) is 90.5 Å². The molecule has 1 saturated heterocycles. The Kier molecular flexibility index (Phi) is 5.95. The number of hydrogen-bond donors (Lipinski definition) is 3. The van der Waals surface area contributed by atoms with Gasteiger partial charge in [-0.3, -0.25) is 15.6 Å². The van der Waals surface area contributed by atoms with E-state index in [0.717, 1.165) is 0 Å². The highest BCUT2D eigenvalue weighted by Gasteiger charge is 2.31. The largest absolute Gasteiger partial charge is 0.364 e. The molecule has 1 fully saturated rings. The molecule has 0 radical (unpaired) electrons. The lowest BCUT2D eigenvalue weighted by atomic mass is 9.99. The summed E-state index contributed by atoms with van der Waals surface area (Å²) >= 11 is 4.83. The van der Waals surface area contributed by atoms with Gasteiger partial charge >= 0.3 is 0 Å². The third kappa shape index (κ3) is 4.59. The molecule has 0 unspecified atom stereocenters. The smallest absolute Gasteiger partial charge is 0.242 e. The van der Waals surface area contributed by atoms with Gasteiger partial charge < -0.3 is 5.32 Å². The van der Waals surface area contributed by atoms with Crippen LogP contribution >= 0.6 is 12.2 Å². The van der Waals surface area contributed by atoms with Crippen molar-refractivity contribution in [3.63, 3.8) is 0 Å². The van der Waals surface area contributed by atoms with Crippen LogP contribution in [0.3, 0.4) is 0 Å². The SMILES string of the molecule is CCS(=O)(=O)N1CCC[C@@H](C(=O)NNC(=S)NC)C1. The lowest BCUT2D eigenvalue weighted by Crippen LogP contribution is -2.51. The molecule has 0 aromatic carbocycles.